The Hall–Kier alpha value is -2.18. The minimum absolute atomic E-state index is 0.0393. The van der Waals surface area contributed by atoms with E-state index in [-0.39, 0.29) is 11.9 Å². The van der Waals surface area contributed by atoms with Crippen LogP contribution in [0.15, 0.2) is 39.9 Å². The van der Waals surface area contributed by atoms with Gasteiger partial charge in [-0.25, -0.2) is 0 Å². The molecule has 2 aromatic rings. The molecule has 3 N–H and O–H groups in total. The predicted molar refractivity (Wildman–Crippen MR) is 110 cm³/mol. The molecule has 1 atom stereocenters. The molecule has 27 heavy (non-hydrogen) atoms. The lowest BCUT2D eigenvalue weighted by Crippen LogP contribution is -2.40. The fraction of sp³-hybridized carbons (Fsp3) is 0.368. The standard InChI is InChI=1S/C19H24Cl2N4O2/c1-12-7-10-27-17(12)18(26)23-8-4-9-24-19(22-3)25-13(2)15-6-5-14(20)11-16(15)21/h5-7,10-11,13H,4,8-9H2,1-3H3,(H,23,26)(H2,22,24,25). The van der Waals surface area contributed by atoms with Crippen molar-refractivity contribution in [3.63, 3.8) is 0 Å². The number of nitrogens with one attached hydrogen (secondary N) is 3. The van der Waals surface area contributed by atoms with Crippen molar-refractivity contribution in [1.82, 2.24) is 16.0 Å². The highest BCUT2D eigenvalue weighted by Gasteiger charge is 2.13. The lowest BCUT2D eigenvalue weighted by Gasteiger charge is -2.19. The molecule has 0 saturated carbocycles. The number of aryl methyl sites for hydroxylation is 1. The van der Waals surface area contributed by atoms with Gasteiger partial charge in [0.15, 0.2) is 11.7 Å². The normalized spacial score (nSPS) is 12.6. The number of aliphatic imine (C=N–C) groups is 1. The third-order valence-corrected chi connectivity index (χ3v) is 4.57. The van der Waals surface area contributed by atoms with Crippen LogP contribution < -0.4 is 16.0 Å². The monoisotopic (exact) mass is 410 g/mol. The first-order valence-electron chi connectivity index (χ1n) is 8.66. The maximum atomic E-state index is 12.0. The molecule has 8 heteroatoms. The number of furan rings is 1. The van der Waals surface area contributed by atoms with Gasteiger partial charge < -0.3 is 20.4 Å². The van der Waals surface area contributed by atoms with E-state index in [0.29, 0.717) is 34.9 Å². The zero-order valence-electron chi connectivity index (χ0n) is 15.6. The third kappa shape index (κ3) is 6.19. The summed E-state index contributed by atoms with van der Waals surface area (Å²) in [6.07, 6.45) is 2.25. The molecule has 1 heterocycles. The van der Waals surface area contributed by atoms with Gasteiger partial charge in [-0.3, -0.25) is 9.79 Å². The van der Waals surface area contributed by atoms with E-state index >= 15 is 0 Å². The molecule has 2 rings (SSSR count). The van der Waals surface area contributed by atoms with Gasteiger partial charge in [0.25, 0.3) is 5.91 Å². The van der Waals surface area contributed by atoms with Gasteiger partial charge in [0.2, 0.25) is 0 Å². The topological polar surface area (TPSA) is 78.7 Å². The second kappa shape index (κ2) is 10.2. The average molecular weight is 411 g/mol. The van der Waals surface area contributed by atoms with Gasteiger partial charge in [-0.1, -0.05) is 29.3 Å². The predicted octanol–water partition coefficient (Wildman–Crippen LogP) is 3.94. The first-order chi connectivity index (χ1) is 12.9. The van der Waals surface area contributed by atoms with Crippen LogP contribution >= 0.6 is 23.2 Å². The summed E-state index contributed by atoms with van der Waals surface area (Å²) in [5.41, 5.74) is 1.76. The maximum Gasteiger partial charge on any atom is 0.287 e. The van der Waals surface area contributed by atoms with E-state index in [0.717, 1.165) is 17.5 Å². The van der Waals surface area contributed by atoms with Crippen molar-refractivity contribution in [2.24, 2.45) is 4.99 Å². The Morgan fingerprint density at radius 1 is 1.22 bits per heavy atom. The van der Waals surface area contributed by atoms with Gasteiger partial charge in [0.05, 0.1) is 12.3 Å². The molecule has 0 spiro atoms. The van der Waals surface area contributed by atoms with Crippen LogP contribution in [-0.2, 0) is 0 Å². The van der Waals surface area contributed by atoms with Gasteiger partial charge in [0, 0.05) is 35.7 Å². The quantitative estimate of drug-likeness (QED) is 0.366. The minimum atomic E-state index is -0.203. The zero-order valence-corrected chi connectivity index (χ0v) is 17.1. The summed E-state index contributed by atoms with van der Waals surface area (Å²) in [7, 11) is 1.70. The van der Waals surface area contributed by atoms with E-state index in [2.05, 4.69) is 20.9 Å². The van der Waals surface area contributed by atoms with E-state index < -0.39 is 0 Å². The molecule has 6 nitrogen and oxygen atoms in total. The summed E-state index contributed by atoms with van der Waals surface area (Å²) in [6, 6.07) is 7.14. The highest BCUT2D eigenvalue weighted by Crippen LogP contribution is 2.25. The summed E-state index contributed by atoms with van der Waals surface area (Å²) in [4.78, 5) is 16.2. The summed E-state index contributed by atoms with van der Waals surface area (Å²) in [5, 5.41) is 10.5. The van der Waals surface area contributed by atoms with Gasteiger partial charge in [-0.2, -0.15) is 0 Å². The third-order valence-electron chi connectivity index (χ3n) is 4.01. The van der Waals surface area contributed by atoms with Crippen LogP contribution in [-0.4, -0.2) is 32.0 Å². The van der Waals surface area contributed by atoms with Crippen molar-refractivity contribution in [3.8, 4) is 0 Å². The summed E-state index contributed by atoms with van der Waals surface area (Å²) >= 11 is 12.2. The Labute approximate surface area is 169 Å². The molecule has 0 aliphatic carbocycles. The molecule has 0 aliphatic heterocycles. The number of guanidine groups is 1. The fourth-order valence-electron chi connectivity index (χ4n) is 2.51. The van der Waals surface area contributed by atoms with Crippen LogP contribution in [0.3, 0.4) is 0 Å². The van der Waals surface area contributed by atoms with Gasteiger partial charge in [0.1, 0.15) is 0 Å². The van der Waals surface area contributed by atoms with Crippen molar-refractivity contribution in [3.05, 3.63) is 57.5 Å². The molecule has 146 valence electrons. The minimum Gasteiger partial charge on any atom is -0.459 e. The number of carbonyl (C=O) groups is 1. The van der Waals surface area contributed by atoms with Gasteiger partial charge in [-0.15, -0.1) is 0 Å². The number of amides is 1. The van der Waals surface area contributed by atoms with Crippen molar-refractivity contribution < 1.29 is 9.21 Å². The molecule has 1 amide bonds. The van der Waals surface area contributed by atoms with Crippen molar-refractivity contribution in [2.75, 3.05) is 20.1 Å². The van der Waals surface area contributed by atoms with E-state index in [1.807, 2.05) is 19.9 Å². The van der Waals surface area contributed by atoms with Crippen LogP contribution in [0, 0.1) is 6.92 Å². The highest BCUT2D eigenvalue weighted by atomic mass is 35.5. The Balaban J connectivity index is 1.74. The molecule has 0 bridgehead atoms. The van der Waals surface area contributed by atoms with Crippen LogP contribution in [0.4, 0.5) is 0 Å². The average Bonchev–Trinajstić information content (AvgIpc) is 3.06. The molecule has 0 aliphatic rings. The van der Waals surface area contributed by atoms with E-state index in [9.17, 15) is 4.79 Å². The second-order valence-corrected chi connectivity index (χ2v) is 6.92. The summed E-state index contributed by atoms with van der Waals surface area (Å²) in [5.74, 6) is 0.807. The van der Waals surface area contributed by atoms with E-state index in [4.69, 9.17) is 27.6 Å². The summed E-state index contributed by atoms with van der Waals surface area (Å²) in [6.45, 7) is 5.01. The van der Waals surface area contributed by atoms with Gasteiger partial charge in [-0.05, 0) is 44.0 Å². The van der Waals surface area contributed by atoms with Crippen LogP contribution in [0.25, 0.3) is 0 Å². The molecule has 1 aromatic heterocycles. The highest BCUT2D eigenvalue weighted by molar-refractivity contribution is 6.35. The van der Waals surface area contributed by atoms with E-state index in [1.54, 1.807) is 25.2 Å². The van der Waals surface area contributed by atoms with Crippen LogP contribution in [0.1, 0.15) is 41.1 Å². The van der Waals surface area contributed by atoms with Crippen molar-refractivity contribution >= 4 is 35.1 Å². The Morgan fingerprint density at radius 2 is 1.96 bits per heavy atom. The molecule has 1 aromatic carbocycles. The van der Waals surface area contributed by atoms with Crippen LogP contribution in [0.2, 0.25) is 10.0 Å². The number of hydrogen-bond acceptors (Lipinski definition) is 3. The lowest BCUT2D eigenvalue weighted by molar-refractivity contribution is 0.0925. The lowest BCUT2D eigenvalue weighted by atomic mass is 10.1. The maximum absolute atomic E-state index is 12.0. The van der Waals surface area contributed by atoms with Crippen LogP contribution in [0.5, 0.6) is 0 Å². The molecule has 0 saturated heterocycles. The molecule has 0 fully saturated rings. The van der Waals surface area contributed by atoms with Gasteiger partial charge >= 0.3 is 0 Å². The fourth-order valence-corrected chi connectivity index (χ4v) is 3.09. The Morgan fingerprint density at radius 3 is 2.59 bits per heavy atom. The first-order valence-corrected chi connectivity index (χ1v) is 9.42. The Kier molecular flexibility index (Phi) is 8.00. The van der Waals surface area contributed by atoms with Crippen molar-refractivity contribution in [2.45, 2.75) is 26.3 Å². The first kappa shape index (κ1) is 21.1. The number of halogens is 2. The molecule has 0 radical (unpaired) electrons. The Bertz CT molecular complexity index is 805. The van der Waals surface area contributed by atoms with E-state index in [1.165, 1.54) is 6.26 Å². The molecular weight excluding hydrogens is 387 g/mol. The van der Waals surface area contributed by atoms with Crippen molar-refractivity contribution in [1.29, 1.82) is 0 Å². The smallest absolute Gasteiger partial charge is 0.287 e. The zero-order chi connectivity index (χ0) is 19.8. The number of carbonyl (C=O) groups excluding carboxylic acids is 1. The number of nitrogens with zero attached hydrogens (tertiary/aromatic N) is 1. The second-order valence-electron chi connectivity index (χ2n) is 6.07. The molecule has 1 unspecified atom stereocenters. The molecular formula is C19H24Cl2N4O2. The number of hydrogen-bond donors (Lipinski definition) is 3. The SMILES string of the molecule is CN=C(NCCCNC(=O)c1occc1C)NC(C)c1ccc(Cl)cc1Cl. The largest absolute Gasteiger partial charge is 0.459 e. The number of benzene rings is 1. The number of rotatable bonds is 7. The summed E-state index contributed by atoms with van der Waals surface area (Å²) < 4.78 is 5.17.